The van der Waals surface area contributed by atoms with Crippen LogP contribution in [0.4, 0.5) is 5.69 Å². The molecule has 24 heavy (non-hydrogen) atoms. The predicted molar refractivity (Wildman–Crippen MR) is 96.7 cm³/mol. The molecule has 0 saturated heterocycles. The third-order valence-electron chi connectivity index (χ3n) is 3.46. The van der Waals surface area contributed by atoms with Crippen molar-refractivity contribution in [1.29, 1.82) is 0 Å². The third-order valence-corrected chi connectivity index (χ3v) is 5.79. The fourth-order valence-electron chi connectivity index (χ4n) is 2.23. The van der Waals surface area contributed by atoms with E-state index in [0.717, 1.165) is 10.0 Å². The molecule has 0 spiro atoms. The van der Waals surface area contributed by atoms with Gasteiger partial charge in [0.2, 0.25) is 0 Å². The topological polar surface area (TPSA) is 74.7 Å². The van der Waals surface area contributed by atoms with Gasteiger partial charge in [0, 0.05) is 17.4 Å². The van der Waals surface area contributed by atoms with E-state index >= 15 is 0 Å². The number of nitrogens with zero attached hydrogens (tertiary/aromatic N) is 1. The fraction of sp³-hybridized carbons (Fsp3) is 0.235. The lowest BCUT2D eigenvalue weighted by Crippen LogP contribution is -2.32. The number of carbonyl (C=O) groups is 1. The lowest BCUT2D eigenvalue weighted by Gasteiger charge is -2.24. The van der Waals surface area contributed by atoms with Crippen molar-refractivity contribution in [3.63, 3.8) is 0 Å². The van der Waals surface area contributed by atoms with Crippen molar-refractivity contribution >= 4 is 37.6 Å². The quantitative estimate of drug-likeness (QED) is 0.751. The van der Waals surface area contributed by atoms with Gasteiger partial charge in [-0.15, -0.1) is 0 Å². The van der Waals surface area contributed by atoms with E-state index in [0.29, 0.717) is 5.69 Å². The maximum atomic E-state index is 13.0. The summed E-state index contributed by atoms with van der Waals surface area (Å²) in [5, 5.41) is 8.82. The highest BCUT2D eigenvalue weighted by Gasteiger charge is 2.25. The van der Waals surface area contributed by atoms with E-state index in [1.54, 1.807) is 48.5 Å². The first-order valence-corrected chi connectivity index (χ1v) is 9.61. The van der Waals surface area contributed by atoms with Crippen molar-refractivity contribution in [2.45, 2.75) is 24.7 Å². The Bertz CT molecular complexity index is 819. The number of hydrogen-bond acceptors (Lipinski definition) is 3. The van der Waals surface area contributed by atoms with Gasteiger partial charge in [-0.05, 0) is 43.7 Å². The van der Waals surface area contributed by atoms with Crippen LogP contribution in [-0.4, -0.2) is 26.0 Å². The van der Waals surface area contributed by atoms with Gasteiger partial charge in [0.1, 0.15) is 0 Å². The second-order valence-electron chi connectivity index (χ2n) is 5.37. The van der Waals surface area contributed by atoms with Crippen LogP contribution in [0.3, 0.4) is 0 Å². The molecular formula is C17H18BrNO4S. The Morgan fingerprint density at radius 2 is 1.83 bits per heavy atom. The molecule has 0 aliphatic rings. The average Bonchev–Trinajstić information content (AvgIpc) is 2.51. The number of carboxylic acid groups (broad SMARTS) is 1. The number of carboxylic acids is 1. The van der Waals surface area contributed by atoms with Gasteiger partial charge in [-0.1, -0.05) is 39.7 Å². The smallest absolute Gasteiger partial charge is 0.303 e. The van der Waals surface area contributed by atoms with E-state index in [1.807, 2.05) is 6.92 Å². The summed E-state index contributed by atoms with van der Waals surface area (Å²) < 4.78 is 28.0. The van der Waals surface area contributed by atoms with Gasteiger partial charge in [0.05, 0.1) is 10.6 Å². The van der Waals surface area contributed by atoms with Gasteiger partial charge >= 0.3 is 5.97 Å². The molecule has 5 nitrogen and oxygen atoms in total. The lowest BCUT2D eigenvalue weighted by molar-refractivity contribution is -0.137. The molecule has 2 aromatic rings. The molecule has 0 aliphatic carbocycles. The molecule has 0 fully saturated rings. The standard InChI is InChI=1S/C17H18BrNO4S/c1-13-7-9-16(10-8-13)24(22,23)19(11-3-6-17(20)21)15-5-2-4-14(18)12-15/h2,4-5,7-10,12H,3,6,11H2,1H3,(H,20,21). The molecule has 0 aliphatic heterocycles. The van der Waals surface area contributed by atoms with Crippen molar-refractivity contribution in [2.24, 2.45) is 0 Å². The Labute approximate surface area is 150 Å². The van der Waals surface area contributed by atoms with Crippen LogP contribution >= 0.6 is 15.9 Å². The number of rotatable bonds is 7. The molecule has 0 heterocycles. The van der Waals surface area contributed by atoms with Gasteiger partial charge in [0.25, 0.3) is 10.0 Å². The molecule has 0 atom stereocenters. The highest BCUT2D eigenvalue weighted by Crippen LogP contribution is 2.27. The van der Waals surface area contributed by atoms with E-state index in [9.17, 15) is 13.2 Å². The molecule has 7 heteroatoms. The molecule has 2 rings (SSSR count). The van der Waals surface area contributed by atoms with E-state index in [1.165, 1.54) is 4.31 Å². The van der Waals surface area contributed by atoms with Gasteiger partial charge in [-0.3, -0.25) is 9.10 Å². The summed E-state index contributed by atoms with van der Waals surface area (Å²) in [4.78, 5) is 10.9. The largest absolute Gasteiger partial charge is 0.481 e. The highest BCUT2D eigenvalue weighted by atomic mass is 79.9. The number of halogens is 1. The van der Waals surface area contributed by atoms with Gasteiger partial charge in [0.15, 0.2) is 0 Å². The first-order valence-electron chi connectivity index (χ1n) is 7.37. The molecule has 0 amide bonds. The monoisotopic (exact) mass is 411 g/mol. The van der Waals surface area contributed by atoms with Gasteiger partial charge < -0.3 is 5.11 Å². The summed E-state index contributed by atoms with van der Waals surface area (Å²) in [6.45, 7) is 1.98. The SMILES string of the molecule is Cc1ccc(S(=O)(=O)N(CCCC(=O)O)c2cccc(Br)c2)cc1. The molecule has 0 unspecified atom stereocenters. The number of aliphatic carboxylic acids is 1. The Morgan fingerprint density at radius 3 is 2.42 bits per heavy atom. The Kier molecular flexibility index (Phi) is 6.01. The van der Waals surface area contributed by atoms with Crippen LogP contribution in [0, 0.1) is 6.92 Å². The van der Waals surface area contributed by atoms with Gasteiger partial charge in [-0.25, -0.2) is 8.42 Å². The lowest BCUT2D eigenvalue weighted by atomic mass is 10.2. The zero-order valence-corrected chi connectivity index (χ0v) is 15.5. The molecule has 1 N–H and O–H groups in total. The van der Waals surface area contributed by atoms with Crippen molar-refractivity contribution in [3.8, 4) is 0 Å². The van der Waals surface area contributed by atoms with E-state index in [4.69, 9.17) is 5.11 Å². The number of anilines is 1. The van der Waals surface area contributed by atoms with Crippen LogP contribution in [0.15, 0.2) is 57.9 Å². The first kappa shape index (κ1) is 18.5. The first-order chi connectivity index (χ1) is 11.3. The van der Waals surface area contributed by atoms with Crippen LogP contribution in [0.2, 0.25) is 0 Å². The van der Waals surface area contributed by atoms with Crippen LogP contribution in [0.1, 0.15) is 18.4 Å². The van der Waals surface area contributed by atoms with Crippen LogP contribution in [0.5, 0.6) is 0 Å². The number of benzene rings is 2. The molecule has 0 aromatic heterocycles. The normalized spacial score (nSPS) is 11.2. The number of hydrogen-bond donors (Lipinski definition) is 1. The zero-order valence-electron chi connectivity index (χ0n) is 13.1. The summed E-state index contributed by atoms with van der Waals surface area (Å²) in [5.74, 6) is -0.947. The summed E-state index contributed by atoms with van der Waals surface area (Å²) in [5.41, 5.74) is 1.46. The average molecular weight is 412 g/mol. The second kappa shape index (κ2) is 7.81. The molecular weight excluding hydrogens is 394 g/mol. The van der Waals surface area contributed by atoms with Crippen molar-refractivity contribution in [1.82, 2.24) is 0 Å². The number of sulfonamides is 1. The molecule has 128 valence electrons. The maximum absolute atomic E-state index is 13.0. The van der Waals surface area contributed by atoms with E-state index in [-0.39, 0.29) is 24.3 Å². The summed E-state index contributed by atoms with van der Waals surface area (Å²) in [6.07, 6.45) is 0.140. The Hall–Kier alpha value is -1.86. The molecule has 0 saturated carbocycles. The summed E-state index contributed by atoms with van der Waals surface area (Å²) >= 11 is 3.34. The second-order valence-corrected chi connectivity index (χ2v) is 8.15. The summed E-state index contributed by atoms with van der Waals surface area (Å²) in [6, 6.07) is 13.5. The Morgan fingerprint density at radius 1 is 1.17 bits per heavy atom. The predicted octanol–water partition coefficient (Wildman–Crippen LogP) is 3.82. The summed E-state index contributed by atoms with van der Waals surface area (Å²) in [7, 11) is -3.77. The van der Waals surface area contributed by atoms with Crippen LogP contribution in [-0.2, 0) is 14.8 Å². The minimum Gasteiger partial charge on any atom is -0.481 e. The minimum atomic E-state index is -3.77. The van der Waals surface area contributed by atoms with Crippen molar-refractivity contribution < 1.29 is 18.3 Å². The third kappa shape index (κ3) is 4.58. The van der Waals surface area contributed by atoms with Crippen LogP contribution < -0.4 is 4.31 Å². The molecule has 0 radical (unpaired) electrons. The van der Waals surface area contributed by atoms with Crippen molar-refractivity contribution in [3.05, 3.63) is 58.6 Å². The fourth-order valence-corrected chi connectivity index (χ4v) is 4.11. The number of aryl methyl sites for hydroxylation is 1. The Balaban J connectivity index is 2.40. The van der Waals surface area contributed by atoms with Crippen molar-refractivity contribution in [2.75, 3.05) is 10.8 Å². The highest BCUT2D eigenvalue weighted by molar-refractivity contribution is 9.10. The maximum Gasteiger partial charge on any atom is 0.303 e. The minimum absolute atomic E-state index is 0.0894. The van der Waals surface area contributed by atoms with E-state index < -0.39 is 16.0 Å². The molecule has 2 aromatic carbocycles. The van der Waals surface area contributed by atoms with E-state index in [2.05, 4.69) is 15.9 Å². The molecule has 0 bridgehead atoms. The van der Waals surface area contributed by atoms with Gasteiger partial charge in [-0.2, -0.15) is 0 Å². The zero-order chi connectivity index (χ0) is 17.7. The van der Waals surface area contributed by atoms with Crippen LogP contribution in [0.25, 0.3) is 0 Å².